The monoisotopic (exact) mass is 424 g/mol. The van der Waals surface area contributed by atoms with Gasteiger partial charge < -0.3 is 18.9 Å². The minimum Gasteiger partial charge on any atom is -0.468 e. The van der Waals surface area contributed by atoms with Crippen LogP contribution in [0.4, 0.5) is 0 Å². The Hall–Kier alpha value is -1.95. The first-order valence-corrected chi connectivity index (χ1v) is 10.7. The minimum atomic E-state index is -2.12. The highest BCUT2D eigenvalue weighted by Gasteiger charge is 2.52. The van der Waals surface area contributed by atoms with Crippen molar-refractivity contribution in [2.45, 2.75) is 78.4 Å². The van der Waals surface area contributed by atoms with Gasteiger partial charge in [-0.25, -0.2) is 0 Å². The molecule has 170 valence electrons. The van der Waals surface area contributed by atoms with E-state index in [1.54, 1.807) is 0 Å². The first-order chi connectivity index (χ1) is 14.3. The third-order valence-corrected chi connectivity index (χ3v) is 5.24. The third kappa shape index (κ3) is 7.38. The molecule has 1 heterocycles. The van der Waals surface area contributed by atoms with Crippen LogP contribution < -0.4 is 0 Å². The molecule has 1 aliphatic heterocycles. The number of rotatable bonds is 12. The van der Waals surface area contributed by atoms with E-state index < -0.39 is 29.4 Å². The third-order valence-electron chi connectivity index (χ3n) is 5.24. The van der Waals surface area contributed by atoms with E-state index in [4.69, 9.17) is 18.9 Å². The predicted octanol–water partition coefficient (Wildman–Crippen LogP) is 3.89. The summed E-state index contributed by atoms with van der Waals surface area (Å²) in [6.45, 7) is 5.72. The van der Waals surface area contributed by atoms with Crippen molar-refractivity contribution in [3.8, 4) is 0 Å². The first-order valence-electron chi connectivity index (χ1n) is 10.7. The second-order valence-electron chi connectivity index (χ2n) is 7.74. The van der Waals surface area contributed by atoms with E-state index in [0.717, 1.165) is 71.2 Å². The second kappa shape index (κ2) is 13.4. The maximum Gasteiger partial charge on any atom is 0.331 e. The average molecular weight is 425 g/mol. The SMILES string of the molecule is CCCCCCC(C)=C=C(COC1CCCCO1)C(=O)C(C)(C(=O)OC)C(=O)OC. The van der Waals surface area contributed by atoms with Gasteiger partial charge in [-0.1, -0.05) is 26.2 Å². The van der Waals surface area contributed by atoms with E-state index >= 15 is 0 Å². The van der Waals surface area contributed by atoms with Crippen LogP contribution >= 0.6 is 0 Å². The molecule has 0 N–H and O–H groups in total. The summed E-state index contributed by atoms with van der Waals surface area (Å²) in [7, 11) is 2.25. The molecule has 0 aromatic rings. The van der Waals surface area contributed by atoms with Gasteiger partial charge in [-0.3, -0.25) is 14.4 Å². The lowest BCUT2D eigenvalue weighted by Crippen LogP contribution is -2.46. The van der Waals surface area contributed by atoms with Gasteiger partial charge in [0.2, 0.25) is 5.41 Å². The van der Waals surface area contributed by atoms with Gasteiger partial charge in [0.1, 0.15) is 0 Å². The zero-order chi connectivity index (χ0) is 22.6. The maximum atomic E-state index is 13.3. The van der Waals surface area contributed by atoms with Crippen molar-refractivity contribution in [3.63, 3.8) is 0 Å². The summed E-state index contributed by atoms with van der Waals surface area (Å²) in [6.07, 6.45) is 7.38. The number of carbonyl (C=O) groups is 3. The molecule has 0 radical (unpaired) electrons. The lowest BCUT2D eigenvalue weighted by atomic mass is 9.82. The Kier molecular flexibility index (Phi) is 11.6. The van der Waals surface area contributed by atoms with Crippen LogP contribution in [0.15, 0.2) is 16.9 Å². The zero-order valence-electron chi connectivity index (χ0n) is 19.0. The molecule has 7 nitrogen and oxygen atoms in total. The molecule has 1 aliphatic rings. The summed E-state index contributed by atoms with van der Waals surface area (Å²) >= 11 is 0. The van der Waals surface area contributed by atoms with Crippen LogP contribution in [-0.4, -0.2) is 51.4 Å². The molecular formula is C23H36O7. The molecule has 0 amide bonds. The quantitative estimate of drug-likeness (QED) is 0.154. The number of carbonyl (C=O) groups excluding carboxylic acids is 3. The molecule has 1 atom stereocenters. The van der Waals surface area contributed by atoms with Crippen LogP contribution in [0.1, 0.15) is 72.1 Å². The summed E-state index contributed by atoms with van der Waals surface area (Å²) in [5.74, 6) is -2.69. The summed E-state index contributed by atoms with van der Waals surface area (Å²) in [5, 5.41) is 0. The van der Waals surface area contributed by atoms with Gasteiger partial charge in [0.05, 0.1) is 26.4 Å². The highest BCUT2D eigenvalue weighted by Crippen LogP contribution is 2.27. The highest BCUT2D eigenvalue weighted by atomic mass is 16.7. The number of unbranched alkanes of at least 4 members (excludes halogenated alkanes) is 3. The fraction of sp³-hybridized carbons (Fsp3) is 0.739. The fourth-order valence-corrected chi connectivity index (χ4v) is 3.29. The summed E-state index contributed by atoms with van der Waals surface area (Å²) in [5.41, 5.74) is 1.93. The van der Waals surface area contributed by atoms with Crippen molar-refractivity contribution >= 4 is 17.7 Å². The van der Waals surface area contributed by atoms with Crippen LogP contribution in [0.3, 0.4) is 0 Å². The van der Waals surface area contributed by atoms with Crippen molar-refractivity contribution in [2.75, 3.05) is 27.4 Å². The van der Waals surface area contributed by atoms with E-state index in [-0.39, 0.29) is 12.2 Å². The number of hydrogen-bond acceptors (Lipinski definition) is 7. The van der Waals surface area contributed by atoms with Crippen LogP contribution in [0, 0.1) is 5.41 Å². The van der Waals surface area contributed by atoms with Gasteiger partial charge in [-0.05, 0) is 51.5 Å². The van der Waals surface area contributed by atoms with Gasteiger partial charge in [0.15, 0.2) is 12.1 Å². The predicted molar refractivity (Wildman–Crippen MR) is 112 cm³/mol. The molecule has 7 heteroatoms. The van der Waals surface area contributed by atoms with Crippen molar-refractivity contribution in [2.24, 2.45) is 5.41 Å². The number of Topliss-reactive ketones (excluding diaryl/α,β-unsaturated/α-hetero) is 1. The maximum absolute atomic E-state index is 13.3. The van der Waals surface area contributed by atoms with Crippen LogP contribution in [0.5, 0.6) is 0 Å². The molecule has 1 unspecified atom stereocenters. The largest absolute Gasteiger partial charge is 0.468 e. The van der Waals surface area contributed by atoms with Crippen molar-refractivity contribution < 1.29 is 33.3 Å². The lowest BCUT2D eigenvalue weighted by molar-refractivity contribution is -0.171. The molecule has 0 aromatic heterocycles. The van der Waals surface area contributed by atoms with Gasteiger partial charge in [-0.2, -0.15) is 0 Å². The summed E-state index contributed by atoms with van der Waals surface area (Å²) < 4.78 is 20.8. The lowest BCUT2D eigenvalue weighted by Gasteiger charge is -2.25. The summed E-state index contributed by atoms with van der Waals surface area (Å²) in [6, 6.07) is 0. The number of ether oxygens (including phenoxy) is 4. The van der Waals surface area contributed by atoms with E-state index in [1.165, 1.54) is 6.92 Å². The van der Waals surface area contributed by atoms with Crippen molar-refractivity contribution in [1.29, 1.82) is 0 Å². The Balaban J connectivity index is 3.17. The number of methoxy groups -OCH3 is 2. The van der Waals surface area contributed by atoms with Crippen molar-refractivity contribution in [1.82, 2.24) is 0 Å². The molecule has 0 spiro atoms. The molecule has 1 fully saturated rings. The molecule has 0 saturated carbocycles. The van der Waals surface area contributed by atoms with Crippen LogP contribution in [-0.2, 0) is 33.3 Å². The summed E-state index contributed by atoms with van der Waals surface area (Å²) in [4.78, 5) is 38.0. The van der Waals surface area contributed by atoms with Gasteiger partial charge >= 0.3 is 11.9 Å². The Morgan fingerprint density at radius 1 is 1.07 bits per heavy atom. The van der Waals surface area contributed by atoms with E-state index in [9.17, 15) is 14.4 Å². The normalized spacial score (nSPS) is 16.4. The van der Waals surface area contributed by atoms with Crippen LogP contribution in [0.2, 0.25) is 0 Å². The second-order valence-corrected chi connectivity index (χ2v) is 7.74. The molecule has 30 heavy (non-hydrogen) atoms. The Morgan fingerprint density at radius 3 is 2.27 bits per heavy atom. The van der Waals surface area contributed by atoms with Crippen LogP contribution in [0.25, 0.3) is 0 Å². The van der Waals surface area contributed by atoms with Gasteiger partial charge in [0, 0.05) is 6.61 Å². The Bertz CT molecular complexity index is 636. The average Bonchev–Trinajstić information content (AvgIpc) is 2.77. The number of hydrogen-bond donors (Lipinski definition) is 0. The first kappa shape index (κ1) is 26.1. The number of esters is 2. The highest BCUT2D eigenvalue weighted by molar-refractivity contribution is 6.24. The molecule has 1 saturated heterocycles. The minimum absolute atomic E-state index is 0.107. The van der Waals surface area contributed by atoms with E-state index in [0.29, 0.717) is 6.61 Å². The Labute approximate surface area is 179 Å². The topological polar surface area (TPSA) is 88.1 Å². The van der Waals surface area contributed by atoms with Gasteiger partial charge in [-0.15, -0.1) is 5.73 Å². The van der Waals surface area contributed by atoms with E-state index in [1.807, 2.05) is 6.92 Å². The fourth-order valence-electron chi connectivity index (χ4n) is 3.29. The molecule has 0 aliphatic carbocycles. The molecule has 1 rings (SSSR count). The standard InChI is InChI=1S/C23H36O7/c1-6-7-8-9-12-17(2)15-18(16-30-19-13-10-11-14-29-19)20(24)23(3,21(25)27-4)22(26)28-5/h19H,6-14,16H2,1-5H3. The molecule has 0 aromatic carbocycles. The molecular weight excluding hydrogens is 388 g/mol. The van der Waals surface area contributed by atoms with E-state index in [2.05, 4.69) is 12.7 Å². The number of ketones is 1. The zero-order valence-corrected chi connectivity index (χ0v) is 19.0. The smallest absolute Gasteiger partial charge is 0.331 e. The van der Waals surface area contributed by atoms with Crippen molar-refractivity contribution in [3.05, 3.63) is 16.9 Å². The molecule has 0 bridgehead atoms. The van der Waals surface area contributed by atoms with Gasteiger partial charge in [0.25, 0.3) is 0 Å². The Morgan fingerprint density at radius 2 is 1.73 bits per heavy atom.